The molecule has 0 atom stereocenters. The van der Waals surface area contributed by atoms with Crippen molar-refractivity contribution in [1.29, 1.82) is 0 Å². The number of rotatable bonds is 4. The Morgan fingerprint density at radius 3 is 2.55 bits per heavy atom. The molecule has 2 aromatic rings. The van der Waals surface area contributed by atoms with Gasteiger partial charge in [0.05, 0.1) is 5.51 Å². The summed E-state index contributed by atoms with van der Waals surface area (Å²) in [5, 5.41) is 7.29. The third-order valence-corrected chi connectivity index (χ3v) is 3.43. The Hall–Kier alpha value is -2.21. The molecule has 0 aliphatic rings. The summed E-state index contributed by atoms with van der Waals surface area (Å²) in [5.74, 6) is -0.315. The molecule has 6 heteroatoms. The van der Waals surface area contributed by atoms with Crippen LogP contribution in [0.25, 0.3) is 0 Å². The Morgan fingerprint density at radius 1 is 1.25 bits per heavy atom. The van der Waals surface area contributed by atoms with Gasteiger partial charge in [0, 0.05) is 23.2 Å². The van der Waals surface area contributed by atoms with E-state index in [4.69, 9.17) is 0 Å². The van der Waals surface area contributed by atoms with Crippen LogP contribution in [0.5, 0.6) is 0 Å². The number of benzene rings is 1. The van der Waals surface area contributed by atoms with Gasteiger partial charge < -0.3 is 10.6 Å². The molecule has 2 N–H and O–H groups in total. The average Bonchev–Trinajstić information content (AvgIpc) is 2.97. The Morgan fingerprint density at radius 2 is 1.95 bits per heavy atom. The van der Waals surface area contributed by atoms with Gasteiger partial charge in [0.2, 0.25) is 5.91 Å². The maximum absolute atomic E-state index is 12.0. The molecule has 0 aliphatic heterocycles. The van der Waals surface area contributed by atoms with Crippen molar-refractivity contribution in [1.82, 2.24) is 4.98 Å². The molecule has 1 heterocycles. The van der Waals surface area contributed by atoms with Crippen molar-refractivity contribution in [3.63, 3.8) is 0 Å². The number of carbonyl (C=O) groups is 2. The van der Waals surface area contributed by atoms with Gasteiger partial charge >= 0.3 is 0 Å². The van der Waals surface area contributed by atoms with Crippen LogP contribution in [0.3, 0.4) is 0 Å². The molecule has 0 saturated carbocycles. The van der Waals surface area contributed by atoms with Gasteiger partial charge in [0.15, 0.2) is 0 Å². The van der Waals surface area contributed by atoms with E-state index in [9.17, 15) is 9.59 Å². The molecule has 0 radical (unpaired) electrons. The molecule has 1 aromatic heterocycles. The number of nitrogens with zero attached hydrogens (tertiary/aromatic N) is 1. The molecule has 0 aliphatic carbocycles. The van der Waals surface area contributed by atoms with E-state index in [2.05, 4.69) is 15.6 Å². The van der Waals surface area contributed by atoms with Crippen molar-refractivity contribution in [2.75, 3.05) is 10.6 Å². The van der Waals surface area contributed by atoms with Crippen LogP contribution < -0.4 is 10.6 Å². The lowest BCUT2D eigenvalue weighted by Crippen LogP contribution is -2.15. The fourth-order valence-electron chi connectivity index (χ4n) is 1.66. The van der Waals surface area contributed by atoms with Gasteiger partial charge in [-0.05, 0) is 24.6 Å². The molecule has 0 bridgehead atoms. The highest BCUT2D eigenvalue weighted by Gasteiger charge is 2.11. The van der Waals surface area contributed by atoms with Gasteiger partial charge in [-0.2, -0.15) is 0 Å². The maximum atomic E-state index is 12.0. The van der Waals surface area contributed by atoms with Gasteiger partial charge in [0.1, 0.15) is 5.69 Å². The van der Waals surface area contributed by atoms with Crippen molar-refractivity contribution in [3.05, 3.63) is 40.3 Å². The predicted molar refractivity (Wildman–Crippen MR) is 80.2 cm³/mol. The van der Waals surface area contributed by atoms with Crippen molar-refractivity contribution in [2.24, 2.45) is 0 Å². The number of carbonyl (C=O) groups excluding carboxylic acids is 2. The molecular formula is C14H15N3O2S. The standard InChI is InChI=1S/C14H15N3O2S/c1-3-13(18)16-10-5-4-6-11(9(10)2)17-14(19)12-7-20-8-15-12/h4-8H,3H2,1-2H3,(H,16,18)(H,17,19). The second kappa shape index (κ2) is 6.29. The van der Waals surface area contributed by atoms with Crippen molar-refractivity contribution < 1.29 is 9.59 Å². The number of anilines is 2. The highest BCUT2D eigenvalue weighted by atomic mass is 32.1. The molecule has 5 nitrogen and oxygen atoms in total. The van der Waals surface area contributed by atoms with Gasteiger partial charge in [-0.3, -0.25) is 9.59 Å². The molecule has 0 unspecified atom stereocenters. The average molecular weight is 289 g/mol. The number of hydrogen-bond acceptors (Lipinski definition) is 4. The summed E-state index contributed by atoms with van der Waals surface area (Å²) in [4.78, 5) is 27.4. The van der Waals surface area contributed by atoms with E-state index in [1.807, 2.05) is 6.92 Å². The first-order valence-electron chi connectivity index (χ1n) is 6.20. The molecule has 2 rings (SSSR count). The molecule has 20 heavy (non-hydrogen) atoms. The van der Waals surface area contributed by atoms with Crippen LogP contribution in [-0.4, -0.2) is 16.8 Å². The normalized spacial score (nSPS) is 10.1. The Labute approximate surface area is 121 Å². The summed E-state index contributed by atoms with van der Waals surface area (Å²) in [6.07, 6.45) is 0.412. The van der Waals surface area contributed by atoms with Gasteiger partial charge in [-0.25, -0.2) is 4.98 Å². The highest BCUT2D eigenvalue weighted by molar-refractivity contribution is 7.07. The number of thiazole rings is 1. The first-order valence-corrected chi connectivity index (χ1v) is 7.15. The number of nitrogens with one attached hydrogen (secondary N) is 2. The zero-order valence-corrected chi connectivity index (χ0v) is 12.1. The van der Waals surface area contributed by atoms with Crippen molar-refractivity contribution in [3.8, 4) is 0 Å². The van der Waals surface area contributed by atoms with Crippen LogP contribution in [0.4, 0.5) is 11.4 Å². The molecule has 0 spiro atoms. The van der Waals surface area contributed by atoms with Crippen LogP contribution in [0.15, 0.2) is 29.1 Å². The first-order chi connectivity index (χ1) is 9.61. The molecule has 0 saturated heterocycles. The van der Waals surface area contributed by atoms with Crippen molar-refractivity contribution in [2.45, 2.75) is 20.3 Å². The number of hydrogen-bond donors (Lipinski definition) is 2. The smallest absolute Gasteiger partial charge is 0.275 e. The lowest BCUT2D eigenvalue weighted by Gasteiger charge is -2.12. The third-order valence-electron chi connectivity index (χ3n) is 2.84. The minimum atomic E-state index is -0.256. The lowest BCUT2D eigenvalue weighted by atomic mass is 10.1. The second-order valence-corrected chi connectivity index (χ2v) is 4.93. The number of aromatic nitrogens is 1. The molecule has 2 amide bonds. The largest absolute Gasteiger partial charge is 0.326 e. The zero-order valence-electron chi connectivity index (χ0n) is 11.3. The summed E-state index contributed by atoms with van der Waals surface area (Å²) in [6, 6.07) is 5.39. The quantitative estimate of drug-likeness (QED) is 0.908. The van der Waals surface area contributed by atoms with Crippen LogP contribution >= 0.6 is 11.3 Å². The predicted octanol–water partition coefficient (Wildman–Crippen LogP) is 3.05. The third kappa shape index (κ3) is 3.21. The topological polar surface area (TPSA) is 71.1 Å². The van der Waals surface area contributed by atoms with E-state index in [-0.39, 0.29) is 11.8 Å². The lowest BCUT2D eigenvalue weighted by molar-refractivity contribution is -0.115. The minimum Gasteiger partial charge on any atom is -0.326 e. The van der Waals surface area contributed by atoms with E-state index < -0.39 is 0 Å². The SMILES string of the molecule is CCC(=O)Nc1cccc(NC(=O)c2cscn2)c1C. The summed E-state index contributed by atoms with van der Waals surface area (Å²) >= 11 is 1.37. The maximum Gasteiger partial charge on any atom is 0.275 e. The van der Waals surface area contributed by atoms with Crippen LogP contribution in [0.2, 0.25) is 0 Å². The van der Waals surface area contributed by atoms with E-state index >= 15 is 0 Å². The van der Waals surface area contributed by atoms with Crippen LogP contribution in [-0.2, 0) is 4.79 Å². The minimum absolute atomic E-state index is 0.0592. The fourth-order valence-corrected chi connectivity index (χ4v) is 2.19. The Balaban J connectivity index is 2.18. The van der Waals surface area contributed by atoms with E-state index in [1.54, 1.807) is 36.0 Å². The second-order valence-electron chi connectivity index (χ2n) is 4.21. The zero-order chi connectivity index (χ0) is 14.5. The van der Waals surface area contributed by atoms with Crippen molar-refractivity contribution >= 4 is 34.5 Å². The van der Waals surface area contributed by atoms with Gasteiger partial charge in [-0.1, -0.05) is 13.0 Å². The Kier molecular flexibility index (Phi) is 4.47. The summed E-state index contributed by atoms with van der Waals surface area (Å²) < 4.78 is 0. The molecule has 0 fully saturated rings. The van der Waals surface area contributed by atoms with Crippen LogP contribution in [0, 0.1) is 6.92 Å². The van der Waals surface area contributed by atoms with E-state index in [0.717, 1.165) is 5.56 Å². The summed E-state index contributed by atoms with van der Waals surface area (Å²) in [6.45, 7) is 3.64. The Bertz CT molecular complexity index is 623. The van der Waals surface area contributed by atoms with E-state index in [1.165, 1.54) is 11.3 Å². The molecule has 1 aromatic carbocycles. The van der Waals surface area contributed by atoms with E-state index in [0.29, 0.717) is 23.5 Å². The first kappa shape index (κ1) is 14.2. The van der Waals surface area contributed by atoms with Gasteiger partial charge in [0.25, 0.3) is 5.91 Å². The van der Waals surface area contributed by atoms with Gasteiger partial charge in [-0.15, -0.1) is 11.3 Å². The molecular weight excluding hydrogens is 274 g/mol. The highest BCUT2D eigenvalue weighted by Crippen LogP contribution is 2.24. The summed E-state index contributed by atoms with van der Waals surface area (Å²) in [7, 11) is 0. The fraction of sp³-hybridized carbons (Fsp3) is 0.214. The summed E-state index contributed by atoms with van der Waals surface area (Å²) in [5.41, 5.74) is 4.18. The van der Waals surface area contributed by atoms with Crippen LogP contribution in [0.1, 0.15) is 29.4 Å². The molecule has 104 valence electrons. The number of amides is 2. The monoisotopic (exact) mass is 289 g/mol.